The number of ketones is 1. The number of hydroxylamine groups is 2. The minimum Gasteiger partial charge on any atom is -0.493 e. The first-order valence-electron chi connectivity index (χ1n) is 23.4. The summed E-state index contributed by atoms with van der Waals surface area (Å²) in [7, 11) is 2.70. The molecule has 0 aromatic heterocycles. The van der Waals surface area contributed by atoms with Gasteiger partial charge >= 0.3 is 11.9 Å². The fourth-order valence-corrected chi connectivity index (χ4v) is 10.2. The molecule has 3 amide bonds. The Balaban J connectivity index is 1.32. The van der Waals surface area contributed by atoms with Crippen LogP contribution in [0.25, 0.3) is 0 Å². The van der Waals surface area contributed by atoms with Crippen LogP contribution in [0.2, 0.25) is 0 Å². The van der Waals surface area contributed by atoms with Gasteiger partial charge in [0, 0.05) is 17.4 Å². The molecule has 20 heteroatoms. The fraction of sp³-hybridized carbons (Fsp3) is 0.529. The predicted molar refractivity (Wildman–Crippen MR) is 257 cm³/mol. The molecule has 71 heavy (non-hydrogen) atoms. The second-order valence-corrected chi connectivity index (χ2v) is 20.5. The molecule has 19 nitrogen and oxygen atoms in total. The van der Waals surface area contributed by atoms with Crippen molar-refractivity contribution in [3.8, 4) is 34.5 Å². The van der Waals surface area contributed by atoms with Crippen LogP contribution >= 0.6 is 0 Å². The van der Waals surface area contributed by atoms with Gasteiger partial charge in [0.25, 0.3) is 27.8 Å². The first-order valence-corrected chi connectivity index (χ1v) is 24.9. The number of Topliss-reactive ketones (excluding diaryl/α,β-unsaturated/α-hetero) is 1. The molecule has 1 saturated carbocycles. The van der Waals surface area contributed by atoms with E-state index in [4.69, 9.17) is 38.0 Å². The van der Waals surface area contributed by atoms with E-state index >= 15 is 0 Å². The molecular formula is C51H66N2O17S. The van der Waals surface area contributed by atoms with Gasteiger partial charge in [0.05, 0.1) is 53.3 Å². The summed E-state index contributed by atoms with van der Waals surface area (Å²) >= 11 is 0. The predicted octanol–water partition coefficient (Wildman–Crippen LogP) is 6.68. The lowest BCUT2D eigenvalue weighted by Crippen LogP contribution is -2.50. The van der Waals surface area contributed by atoms with Crippen LogP contribution in [-0.4, -0.2) is 106 Å². The van der Waals surface area contributed by atoms with Crippen molar-refractivity contribution in [2.24, 2.45) is 17.3 Å². The van der Waals surface area contributed by atoms with Crippen LogP contribution < -0.4 is 33.7 Å². The number of aryl methyl sites for hydroxylation is 1. The van der Waals surface area contributed by atoms with Crippen LogP contribution in [0.1, 0.15) is 115 Å². The molecule has 5 atom stereocenters. The molecule has 388 valence electrons. The Morgan fingerprint density at radius 3 is 2.01 bits per heavy atom. The summed E-state index contributed by atoms with van der Waals surface area (Å²) in [5.41, 5.74) is -0.358. The average Bonchev–Trinajstić information content (AvgIpc) is 3.63. The highest BCUT2D eigenvalue weighted by Gasteiger charge is 2.50. The zero-order valence-corrected chi connectivity index (χ0v) is 42.8. The van der Waals surface area contributed by atoms with Crippen LogP contribution in [0.15, 0.2) is 54.6 Å². The van der Waals surface area contributed by atoms with Crippen LogP contribution in [-0.2, 0) is 54.9 Å². The zero-order valence-electron chi connectivity index (χ0n) is 42.0. The van der Waals surface area contributed by atoms with Gasteiger partial charge in [-0.2, -0.15) is 8.42 Å². The molecule has 1 saturated heterocycles. The standard InChI is InChI=1S/C51H66N2O17S/c1-11-34(32-25-40(65-8)46(67-10)41(26-32)66-9)45(56)35-17-12-13-18-36(35)48(58)69-37(21-19-30-20-22-38(63-6)39(23-30)64-7)31-15-14-16-33(24-31)68-28-43(54)52-51(4,5)29-50(2,3)49(59)70-53-44(55)27-42(47(53)57)71(60,61)62/h14-16,20,22-26,34-37,42H,11-13,17-19,21,27-29H2,1-10H3,(H,52,54)(H,60,61,62)/t34-,35?,36+,37+,42?/m0/s1. The molecule has 0 radical (unpaired) electrons. The van der Waals surface area contributed by atoms with Gasteiger partial charge in [0.15, 0.2) is 34.9 Å². The lowest BCUT2D eigenvalue weighted by Gasteiger charge is -2.34. The molecule has 0 spiro atoms. The van der Waals surface area contributed by atoms with Gasteiger partial charge in [-0.15, -0.1) is 5.06 Å². The van der Waals surface area contributed by atoms with Crippen LogP contribution in [0.5, 0.6) is 34.5 Å². The molecule has 1 heterocycles. The van der Waals surface area contributed by atoms with E-state index in [1.54, 1.807) is 70.5 Å². The fourth-order valence-electron chi connectivity index (χ4n) is 9.48. The number of amides is 3. The number of carbonyl (C=O) groups excluding carboxylic acids is 6. The van der Waals surface area contributed by atoms with Crippen LogP contribution in [0, 0.1) is 17.3 Å². The third-order valence-corrected chi connectivity index (χ3v) is 13.9. The van der Waals surface area contributed by atoms with Crippen molar-refractivity contribution in [1.29, 1.82) is 0 Å². The number of rotatable bonds is 24. The topological polar surface area (TPSA) is 246 Å². The van der Waals surface area contributed by atoms with E-state index in [0.717, 1.165) is 18.4 Å². The number of hydrogen-bond acceptors (Lipinski definition) is 16. The number of benzene rings is 3. The number of ether oxygens (including phenoxy) is 7. The SMILES string of the molecule is CC[C@H](C(=O)C1CCCC[C@H]1C(=O)O[C@H](CCc1ccc(OC)c(OC)c1)c1cccc(OCC(=O)NC(C)(C)CC(C)(C)C(=O)ON2C(=O)CC(S(=O)(=O)O)C2=O)c1)c1cc(OC)c(OC)c(OC)c1. The maximum Gasteiger partial charge on any atom is 0.338 e. The first-order chi connectivity index (χ1) is 33.5. The largest absolute Gasteiger partial charge is 0.493 e. The molecule has 1 aliphatic carbocycles. The average molecular weight is 1010 g/mol. The lowest BCUT2D eigenvalue weighted by molar-refractivity contribution is -0.204. The number of carbonyl (C=O) groups is 6. The summed E-state index contributed by atoms with van der Waals surface area (Å²) in [4.78, 5) is 85.4. The summed E-state index contributed by atoms with van der Waals surface area (Å²) < 4.78 is 72.5. The minimum atomic E-state index is -4.92. The smallest absolute Gasteiger partial charge is 0.338 e. The number of nitrogens with zero attached hydrogens (tertiary/aromatic N) is 1. The van der Waals surface area contributed by atoms with Crippen LogP contribution in [0.4, 0.5) is 0 Å². The molecule has 2 fully saturated rings. The molecule has 2 unspecified atom stereocenters. The highest BCUT2D eigenvalue weighted by molar-refractivity contribution is 7.87. The van der Waals surface area contributed by atoms with Gasteiger partial charge in [0.1, 0.15) is 17.6 Å². The third kappa shape index (κ3) is 13.7. The van der Waals surface area contributed by atoms with E-state index in [9.17, 15) is 41.7 Å². The Bertz CT molecular complexity index is 2530. The van der Waals surface area contributed by atoms with E-state index in [-0.39, 0.29) is 23.0 Å². The van der Waals surface area contributed by atoms with Crippen molar-refractivity contribution in [3.63, 3.8) is 0 Å². The second-order valence-electron chi connectivity index (χ2n) is 18.9. The summed E-state index contributed by atoms with van der Waals surface area (Å²) in [5, 5.41) is 0.772. The van der Waals surface area contributed by atoms with Gasteiger partial charge in [-0.25, -0.2) is 4.79 Å². The molecule has 2 aliphatic rings. The van der Waals surface area contributed by atoms with Crippen molar-refractivity contribution in [2.75, 3.05) is 42.2 Å². The summed E-state index contributed by atoms with van der Waals surface area (Å²) in [6.45, 7) is 7.65. The normalized spacial score (nSPS) is 18.2. The molecule has 1 aliphatic heterocycles. The zero-order chi connectivity index (χ0) is 52.4. The Kier molecular flexibility index (Phi) is 18.5. The van der Waals surface area contributed by atoms with Crippen LogP contribution in [0.3, 0.4) is 0 Å². The molecule has 0 bridgehead atoms. The molecule has 3 aromatic rings. The molecular weight excluding hydrogens is 945 g/mol. The monoisotopic (exact) mass is 1010 g/mol. The second kappa shape index (κ2) is 23.7. The van der Waals surface area contributed by atoms with Crippen molar-refractivity contribution in [3.05, 3.63) is 71.3 Å². The number of nitrogens with one attached hydrogen (secondary N) is 1. The molecule has 2 N–H and O–H groups in total. The van der Waals surface area contributed by atoms with E-state index in [1.807, 2.05) is 19.1 Å². The molecule has 5 rings (SSSR count). The maximum absolute atomic E-state index is 14.6. The third-order valence-electron chi connectivity index (χ3n) is 12.8. The Labute approximate surface area is 414 Å². The minimum absolute atomic E-state index is 0.0361. The Morgan fingerprint density at radius 1 is 0.803 bits per heavy atom. The number of imide groups is 1. The summed E-state index contributed by atoms with van der Waals surface area (Å²) in [5.74, 6) is -3.96. The Morgan fingerprint density at radius 2 is 1.44 bits per heavy atom. The number of methoxy groups -OCH3 is 5. The molecule has 3 aromatic carbocycles. The van der Waals surface area contributed by atoms with Crippen molar-refractivity contribution in [1.82, 2.24) is 10.4 Å². The van der Waals surface area contributed by atoms with Crippen molar-refractivity contribution < 1.29 is 79.7 Å². The highest BCUT2D eigenvalue weighted by Crippen LogP contribution is 2.44. The van der Waals surface area contributed by atoms with Gasteiger partial charge in [-0.05, 0) is 119 Å². The number of esters is 1. The summed E-state index contributed by atoms with van der Waals surface area (Å²) in [6, 6.07) is 15.9. The quantitative estimate of drug-likeness (QED) is 0.0540. The van der Waals surface area contributed by atoms with Gasteiger partial charge < -0.3 is 43.3 Å². The van der Waals surface area contributed by atoms with E-state index in [0.29, 0.717) is 72.0 Å². The van der Waals surface area contributed by atoms with Gasteiger partial charge in [0.2, 0.25) is 5.75 Å². The van der Waals surface area contributed by atoms with E-state index in [1.165, 1.54) is 35.2 Å². The van der Waals surface area contributed by atoms with Crippen molar-refractivity contribution in [2.45, 2.75) is 115 Å². The highest BCUT2D eigenvalue weighted by atomic mass is 32.2. The number of hydrogen-bond donors (Lipinski definition) is 2. The van der Waals surface area contributed by atoms with E-state index in [2.05, 4.69) is 5.32 Å². The van der Waals surface area contributed by atoms with E-state index < -0.39 is 92.9 Å². The first kappa shape index (κ1) is 55.5. The van der Waals surface area contributed by atoms with Crippen molar-refractivity contribution >= 4 is 45.6 Å². The van der Waals surface area contributed by atoms with Gasteiger partial charge in [-0.3, -0.25) is 28.5 Å². The lowest BCUT2D eigenvalue weighted by atomic mass is 9.72. The van der Waals surface area contributed by atoms with Gasteiger partial charge in [-0.1, -0.05) is 38.0 Å². The Hall–Kier alpha value is -6.41. The summed E-state index contributed by atoms with van der Waals surface area (Å²) in [6.07, 6.45) is 1.97. The maximum atomic E-state index is 14.6.